The van der Waals surface area contributed by atoms with E-state index in [9.17, 15) is 4.79 Å². The summed E-state index contributed by atoms with van der Waals surface area (Å²) in [7, 11) is 1.95. The van der Waals surface area contributed by atoms with Crippen LogP contribution in [-0.2, 0) is 0 Å². The van der Waals surface area contributed by atoms with Gasteiger partial charge in [0, 0.05) is 29.1 Å². The number of nitrogens with one attached hydrogen (secondary N) is 1. The Bertz CT molecular complexity index is 680. The van der Waals surface area contributed by atoms with E-state index in [0.29, 0.717) is 16.6 Å². The first kappa shape index (κ1) is 21.2. The monoisotopic (exact) mass is 407 g/mol. The first-order valence-electron chi connectivity index (χ1n) is 7.32. The molecular weight excluding hydrogens is 389 g/mol. The summed E-state index contributed by atoms with van der Waals surface area (Å²) < 4.78 is 0. The number of rotatable bonds is 4. The van der Waals surface area contributed by atoms with E-state index in [0.717, 1.165) is 36.6 Å². The van der Waals surface area contributed by atoms with Gasteiger partial charge >= 0.3 is 0 Å². The van der Waals surface area contributed by atoms with Crippen LogP contribution >= 0.6 is 47.8 Å². The zero-order chi connectivity index (χ0) is 15.5. The number of thiazole rings is 1. The molecule has 1 fully saturated rings. The lowest BCUT2D eigenvalue weighted by Crippen LogP contribution is -2.30. The molecule has 1 amide bonds. The third-order valence-corrected chi connectivity index (χ3v) is 4.99. The first-order chi connectivity index (χ1) is 10.7. The van der Waals surface area contributed by atoms with Gasteiger partial charge in [-0.1, -0.05) is 23.7 Å². The summed E-state index contributed by atoms with van der Waals surface area (Å²) in [5, 5.41) is 6.52. The van der Waals surface area contributed by atoms with Crippen LogP contribution in [0.1, 0.15) is 16.9 Å². The number of carbonyl (C=O) groups excluding carboxylic acids is 1. The van der Waals surface area contributed by atoms with E-state index < -0.39 is 0 Å². The van der Waals surface area contributed by atoms with Crippen molar-refractivity contribution in [2.24, 2.45) is 5.92 Å². The summed E-state index contributed by atoms with van der Waals surface area (Å²) in [6.45, 7) is 2.58. The Kier molecular flexibility index (Phi) is 8.46. The van der Waals surface area contributed by atoms with Gasteiger partial charge in [0.25, 0.3) is 5.91 Å². The van der Waals surface area contributed by atoms with Crippen molar-refractivity contribution in [3.05, 3.63) is 40.4 Å². The Hall–Kier alpha value is -0.850. The van der Waals surface area contributed by atoms with Crippen LogP contribution in [0.4, 0.5) is 0 Å². The molecule has 132 valence electrons. The van der Waals surface area contributed by atoms with E-state index in [-0.39, 0.29) is 30.7 Å². The van der Waals surface area contributed by atoms with Crippen molar-refractivity contribution in [2.45, 2.75) is 6.42 Å². The molecule has 1 N–H and O–H groups in total. The fraction of sp³-hybridized carbons (Fsp3) is 0.375. The molecule has 4 nitrogen and oxygen atoms in total. The topological polar surface area (TPSA) is 45.2 Å². The van der Waals surface area contributed by atoms with Crippen LogP contribution < -0.4 is 5.32 Å². The highest BCUT2D eigenvalue weighted by molar-refractivity contribution is 7.13. The molecule has 1 aromatic carbocycles. The van der Waals surface area contributed by atoms with Crippen molar-refractivity contribution < 1.29 is 4.79 Å². The number of hydrogen-bond acceptors (Lipinski definition) is 4. The summed E-state index contributed by atoms with van der Waals surface area (Å²) in [5.41, 5.74) is 1.48. The van der Waals surface area contributed by atoms with Gasteiger partial charge in [-0.3, -0.25) is 4.79 Å². The quantitative estimate of drug-likeness (QED) is 0.832. The lowest BCUT2D eigenvalue weighted by Gasteiger charge is -2.15. The van der Waals surface area contributed by atoms with Gasteiger partial charge in [-0.15, -0.1) is 36.2 Å². The Morgan fingerprint density at radius 1 is 1.46 bits per heavy atom. The van der Waals surface area contributed by atoms with E-state index in [2.05, 4.69) is 10.3 Å². The van der Waals surface area contributed by atoms with Crippen molar-refractivity contribution >= 4 is 53.7 Å². The Morgan fingerprint density at radius 3 is 2.96 bits per heavy atom. The van der Waals surface area contributed by atoms with Gasteiger partial charge in [0.15, 0.2) is 0 Å². The highest BCUT2D eigenvalue weighted by Gasteiger charge is 2.27. The standard InChI is InChI=1S/C16H18ClN3OS.2ClH/c1-18-8-11-5-6-20(9-11)16(21)14-10-22-15(19-14)12-3-2-4-13(17)7-12;;/h2-4,7,10-11,18H,5-6,8-9H2,1H3;2*1H. The zero-order valence-corrected chi connectivity index (χ0v) is 16.4. The molecule has 1 unspecified atom stereocenters. The van der Waals surface area contributed by atoms with Gasteiger partial charge in [0.2, 0.25) is 0 Å². The first-order valence-corrected chi connectivity index (χ1v) is 8.58. The van der Waals surface area contributed by atoms with Gasteiger partial charge in [-0.2, -0.15) is 0 Å². The molecule has 0 spiro atoms. The second kappa shape index (κ2) is 9.59. The predicted octanol–water partition coefficient (Wildman–Crippen LogP) is 3.99. The second-order valence-electron chi connectivity index (χ2n) is 5.51. The summed E-state index contributed by atoms with van der Waals surface area (Å²) in [5.74, 6) is 0.572. The van der Waals surface area contributed by atoms with Crippen LogP contribution in [0.5, 0.6) is 0 Å². The zero-order valence-electron chi connectivity index (χ0n) is 13.2. The number of benzene rings is 1. The van der Waals surface area contributed by atoms with Crippen LogP contribution in [0.25, 0.3) is 10.6 Å². The number of likely N-dealkylation sites (tertiary alicyclic amines) is 1. The maximum absolute atomic E-state index is 12.5. The van der Waals surface area contributed by atoms with E-state index in [4.69, 9.17) is 11.6 Å². The van der Waals surface area contributed by atoms with Crippen LogP contribution in [-0.4, -0.2) is 42.5 Å². The number of amides is 1. The molecule has 1 aliphatic rings. The fourth-order valence-electron chi connectivity index (χ4n) is 2.76. The molecule has 1 aromatic heterocycles. The normalized spacial score (nSPS) is 16.4. The average Bonchev–Trinajstić information content (AvgIpc) is 3.16. The molecule has 0 saturated carbocycles. The molecule has 2 heterocycles. The maximum Gasteiger partial charge on any atom is 0.273 e. The molecule has 0 radical (unpaired) electrons. The Morgan fingerprint density at radius 2 is 2.25 bits per heavy atom. The Balaban J connectivity index is 0.00000144. The third-order valence-electron chi connectivity index (χ3n) is 3.86. The van der Waals surface area contributed by atoms with Crippen LogP contribution in [0.15, 0.2) is 29.6 Å². The minimum atomic E-state index is 0. The lowest BCUT2D eigenvalue weighted by atomic mass is 10.1. The second-order valence-corrected chi connectivity index (χ2v) is 6.81. The van der Waals surface area contributed by atoms with Gasteiger partial charge in [-0.25, -0.2) is 4.98 Å². The summed E-state index contributed by atoms with van der Waals surface area (Å²) in [6, 6.07) is 7.55. The van der Waals surface area contributed by atoms with Crippen LogP contribution in [0.2, 0.25) is 5.02 Å². The molecule has 1 saturated heterocycles. The number of aromatic nitrogens is 1. The van der Waals surface area contributed by atoms with Crippen molar-refractivity contribution in [2.75, 3.05) is 26.7 Å². The molecule has 8 heteroatoms. The molecule has 1 atom stereocenters. The van der Waals surface area contributed by atoms with Crippen molar-refractivity contribution in [1.82, 2.24) is 15.2 Å². The number of halogens is 3. The van der Waals surface area contributed by atoms with Gasteiger partial charge in [0.05, 0.1) is 0 Å². The van der Waals surface area contributed by atoms with Crippen molar-refractivity contribution in [3.8, 4) is 10.6 Å². The number of carbonyl (C=O) groups is 1. The predicted molar refractivity (Wildman–Crippen MR) is 105 cm³/mol. The van der Waals surface area contributed by atoms with E-state index in [1.54, 1.807) is 0 Å². The Labute approximate surface area is 163 Å². The summed E-state index contributed by atoms with van der Waals surface area (Å²) in [4.78, 5) is 18.9. The highest BCUT2D eigenvalue weighted by atomic mass is 35.5. The van der Waals surface area contributed by atoms with Crippen LogP contribution in [0, 0.1) is 5.92 Å². The van der Waals surface area contributed by atoms with Crippen molar-refractivity contribution in [1.29, 1.82) is 0 Å². The smallest absolute Gasteiger partial charge is 0.273 e. The summed E-state index contributed by atoms with van der Waals surface area (Å²) >= 11 is 7.49. The molecule has 3 rings (SSSR count). The average molecular weight is 409 g/mol. The molecular formula is C16H20Cl3N3OS. The van der Waals surface area contributed by atoms with Gasteiger partial charge in [-0.05, 0) is 38.1 Å². The molecule has 0 aliphatic carbocycles. The molecule has 2 aromatic rings. The molecule has 1 aliphatic heterocycles. The van der Waals surface area contributed by atoms with Gasteiger partial charge < -0.3 is 10.2 Å². The minimum Gasteiger partial charge on any atom is -0.337 e. The van der Waals surface area contributed by atoms with E-state index in [1.807, 2.05) is 41.6 Å². The molecule has 0 bridgehead atoms. The number of nitrogens with zero attached hydrogens (tertiary/aromatic N) is 2. The highest BCUT2D eigenvalue weighted by Crippen LogP contribution is 2.27. The summed E-state index contributed by atoms with van der Waals surface area (Å²) in [6.07, 6.45) is 1.05. The van der Waals surface area contributed by atoms with E-state index >= 15 is 0 Å². The largest absolute Gasteiger partial charge is 0.337 e. The minimum absolute atomic E-state index is 0. The fourth-order valence-corrected chi connectivity index (χ4v) is 3.74. The SMILES string of the molecule is CNCC1CCN(C(=O)c2csc(-c3cccc(Cl)c3)n2)C1.Cl.Cl. The maximum atomic E-state index is 12.5. The number of hydrogen-bond donors (Lipinski definition) is 1. The van der Waals surface area contributed by atoms with E-state index in [1.165, 1.54) is 11.3 Å². The third kappa shape index (κ3) is 4.83. The molecule has 24 heavy (non-hydrogen) atoms. The van der Waals surface area contributed by atoms with Gasteiger partial charge in [0.1, 0.15) is 10.7 Å². The lowest BCUT2D eigenvalue weighted by molar-refractivity contribution is 0.0782. The van der Waals surface area contributed by atoms with Crippen LogP contribution in [0.3, 0.4) is 0 Å². The van der Waals surface area contributed by atoms with Crippen molar-refractivity contribution in [3.63, 3.8) is 0 Å².